The molecule has 2 amide bonds. The Morgan fingerprint density at radius 2 is 1.89 bits per heavy atom. The Morgan fingerprint density at radius 3 is 2.39 bits per heavy atom. The highest BCUT2D eigenvalue weighted by Crippen LogP contribution is 1.96. The maximum atomic E-state index is 11.8. The first-order chi connectivity index (χ1) is 8.51. The first-order valence-corrected chi connectivity index (χ1v) is 6.41. The van der Waals surface area contributed by atoms with Crippen LogP contribution >= 0.6 is 0 Å². The summed E-state index contributed by atoms with van der Waals surface area (Å²) in [7, 11) is 0. The molecule has 0 bridgehead atoms. The number of primary amides is 1. The van der Waals surface area contributed by atoms with E-state index in [2.05, 4.69) is 10.6 Å². The van der Waals surface area contributed by atoms with Crippen LogP contribution < -0.4 is 16.4 Å². The van der Waals surface area contributed by atoms with Crippen molar-refractivity contribution in [3.63, 3.8) is 0 Å². The predicted octanol–water partition coefficient (Wildman–Crippen LogP) is -0.229. The van der Waals surface area contributed by atoms with E-state index in [1.165, 1.54) is 0 Å². The van der Waals surface area contributed by atoms with Crippen LogP contribution in [0.25, 0.3) is 0 Å². The highest BCUT2D eigenvalue weighted by atomic mass is 16.5. The van der Waals surface area contributed by atoms with E-state index in [-0.39, 0.29) is 24.6 Å². The summed E-state index contributed by atoms with van der Waals surface area (Å²) in [4.78, 5) is 22.2. The zero-order valence-electron chi connectivity index (χ0n) is 11.5. The molecule has 1 atom stereocenters. The molecule has 106 valence electrons. The zero-order chi connectivity index (χ0) is 14.0. The molecule has 6 heteroatoms. The standard InChI is InChI=1S/C12H25N3O3/c1-4-10(5-2)15-12(17)9(3)14-6-7-18-8-11(13)16/h9-10,14H,4-8H2,1-3H3,(H2,13,16)(H,15,17). The molecule has 0 aromatic heterocycles. The Kier molecular flexibility index (Phi) is 9.22. The molecule has 0 aliphatic rings. The van der Waals surface area contributed by atoms with Crippen LogP contribution in [0.3, 0.4) is 0 Å². The van der Waals surface area contributed by atoms with Crippen LogP contribution in [0, 0.1) is 0 Å². The quantitative estimate of drug-likeness (QED) is 0.472. The molecule has 0 aromatic carbocycles. The van der Waals surface area contributed by atoms with Crippen molar-refractivity contribution in [2.45, 2.75) is 45.7 Å². The lowest BCUT2D eigenvalue weighted by molar-refractivity contribution is -0.124. The maximum Gasteiger partial charge on any atom is 0.243 e. The van der Waals surface area contributed by atoms with Crippen molar-refractivity contribution in [1.29, 1.82) is 0 Å². The SMILES string of the molecule is CCC(CC)NC(=O)C(C)NCCOCC(N)=O. The molecule has 0 aromatic rings. The van der Waals surface area contributed by atoms with Crippen molar-refractivity contribution >= 4 is 11.8 Å². The normalized spacial score (nSPS) is 12.4. The average molecular weight is 259 g/mol. The van der Waals surface area contributed by atoms with Crippen LogP contribution in [-0.2, 0) is 14.3 Å². The molecule has 1 unspecified atom stereocenters. The van der Waals surface area contributed by atoms with Crippen molar-refractivity contribution in [2.75, 3.05) is 19.8 Å². The van der Waals surface area contributed by atoms with Crippen molar-refractivity contribution < 1.29 is 14.3 Å². The van der Waals surface area contributed by atoms with Crippen LogP contribution in [0.2, 0.25) is 0 Å². The van der Waals surface area contributed by atoms with E-state index < -0.39 is 5.91 Å². The van der Waals surface area contributed by atoms with E-state index in [0.717, 1.165) is 12.8 Å². The van der Waals surface area contributed by atoms with Gasteiger partial charge in [-0.15, -0.1) is 0 Å². The van der Waals surface area contributed by atoms with Gasteiger partial charge in [-0.25, -0.2) is 0 Å². The number of nitrogens with one attached hydrogen (secondary N) is 2. The molecule has 0 radical (unpaired) electrons. The Morgan fingerprint density at radius 1 is 1.28 bits per heavy atom. The van der Waals surface area contributed by atoms with E-state index in [9.17, 15) is 9.59 Å². The fraction of sp³-hybridized carbons (Fsp3) is 0.833. The fourth-order valence-electron chi connectivity index (χ4n) is 1.43. The number of hydrogen-bond acceptors (Lipinski definition) is 4. The summed E-state index contributed by atoms with van der Waals surface area (Å²) in [6, 6.07) is -0.0457. The highest BCUT2D eigenvalue weighted by Gasteiger charge is 2.14. The fourth-order valence-corrected chi connectivity index (χ4v) is 1.43. The van der Waals surface area contributed by atoms with E-state index >= 15 is 0 Å². The molecule has 6 nitrogen and oxygen atoms in total. The molecule has 0 saturated heterocycles. The van der Waals surface area contributed by atoms with Crippen LogP contribution in [0.5, 0.6) is 0 Å². The molecule has 4 N–H and O–H groups in total. The van der Waals surface area contributed by atoms with Crippen molar-refractivity contribution in [2.24, 2.45) is 5.73 Å². The third kappa shape index (κ3) is 8.03. The van der Waals surface area contributed by atoms with Gasteiger partial charge in [0.25, 0.3) is 0 Å². The van der Waals surface area contributed by atoms with Crippen LogP contribution in [0.15, 0.2) is 0 Å². The first kappa shape index (κ1) is 16.9. The molecule has 0 spiro atoms. The number of ether oxygens (including phenoxy) is 1. The van der Waals surface area contributed by atoms with Gasteiger partial charge in [0.15, 0.2) is 0 Å². The largest absolute Gasteiger partial charge is 0.370 e. The van der Waals surface area contributed by atoms with Gasteiger partial charge in [-0.05, 0) is 19.8 Å². The second-order valence-corrected chi connectivity index (χ2v) is 4.22. The summed E-state index contributed by atoms with van der Waals surface area (Å²) in [5, 5.41) is 5.98. The Labute approximate surface area is 109 Å². The number of carbonyl (C=O) groups is 2. The summed E-state index contributed by atoms with van der Waals surface area (Å²) in [6.07, 6.45) is 1.85. The zero-order valence-corrected chi connectivity index (χ0v) is 11.5. The molecule has 0 heterocycles. The van der Waals surface area contributed by atoms with Gasteiger partial charge in [-0.1, -0.05) is 13.8 Å². The second-order valence-electron chi connectivity index (χ2n) is 4.22. The highest BCUT2D eigenvalue weighted by molar-refractivity contribution is 5.81. The molecular weight excluding hydrogens is 234 g/mol. The maximum absolute atomic E-state index is 11.8. The van der Waals surface area contributed by atoms with Crippen molar-refractivity contribution in [3.05, 3.63) is 0 Å². The minimum atomic E-state index is -0.491. The summed E-state index contributed by atoms with van der Waals surface area (Å²) < 4.78 is 4.98. The number of rotatable bonds is 10. The van der Waals surface area contributed by atoms with E-state index in [1.807, 2.05) is 13.8 Å². The lowest BCUT2D eigenvalue weighted by Gasteiger charge is -2.19. The monoisotopic (exact) mass is 259 g/mol. The molecule has 0 aliphatic carbocycles. The van der Waals surface area contributed by atoms with Crippen molar-refractivity contribution in [1.82, 2.24) is 10.6 Å². The van der Waals surface area contributed by atoms with Crippen LogP contribution in [-0.4, -0.2) is 43.7 Å². The molecule has 0 rings (SSSR count). The third-order valence-electron chi connectivity index (χ3n) is 2.67. The van der Waals surface area contributed by atoms with Gasteiger partial charge in [0.2, 0.25) is 11.8 Å². The smallest absolute Gasteiger partial charge is 0.243 e. The lowest BCUT2D eigenvalue weighted by atomic mass is 10.1. The number of hydrogen-bond donors (Lipinski definition) is 3. The van der Waals surface area contributed by atoms with Gasteiger partial charge in [-0.3, -0.25) is 9.59 Å². The second kappa shape index (κ2) is 9.85. The number of amides is 2. The summed E-state index contributed by atoms with van der Waals surface area (Å²) in [5.74, 6) is -0.506. The molecule has 0 aliphatic heterocycles. The van der Waals surface area contributed by atoms with E-state index in [4.69, 9.17) is 10.5 Å². The summed E-state index contributed by atoms with van der Waals surface area (Å²) in [5.41, 5.74) is 4.92. The van der Waals surface area contributed by atoms with Gasteiger partial charge < -0.3 is 21.1 Å². The number of carbonyl (C=O) groups excluding carboxylic acids is 2. The minimum absolute atomic E-state index is 0.0152. The van der Waals surface area contributed by atoms with Gasteiger partial charge in [-0.2, -0.15) is 0 Å². The summed E-state index contributed by atoms with van der Waals surface area (Å²) in [6.45, 7) is 6.66. The molecule has 18 heavy (non-hydrogen) atoms. The Hall–Kier alpha value is -1.14. The third-order valence-corrected chi connectivity index (χ3v) is 2.67. The predicted molar refractivity (Wildman–Crippen MR) is 70.0 cm³/mol. The molecule has 0 fully saturated rings. The van der Waals surface area contributed by atoms with Gasteiger partial charge in [0, 0.05) is 12.6 Å². The number of nitrogens with two attached hydrogens (primary N) is 1. The van der Waals surface area contributed by atoms with Crippen molar-refractivity contribution in [3.8, 4) is 0 Å². The van der Waals surface area contributed by atoms with Gasteiger partial charge in [0.1, 0.15) is 6.61 Å². The van der Waals surface area contributed by atoms with Crippen LogP contribution in [0.1, 0.15) is 33.6 Å². The first-order valence-electron chi connectivity index (χ1n) is 6.41. The van der Waals surface area contributed by atoms with E-state index in [1.54, 1.807) is 6.92 Å². The minimum Gasteiger partial charge on any atom is -0.370 e. The topological polar surface area (TPSA) is 93.4 Å². The molecular formula is C12H25N3O3. The Balaban J connectivity index is 3.70. The lowest BCUT2D eigenvalue weighted by Crippen LogP contribution is -2.46. The Bertz CT molecular complexity index is 255. The summed E-state index contributed by atoms with van der Waals surface area (Å²) >= 11 is 0. The van der Waals surface area contributed by atoms with Crippen LogP contribution in [0.4, 0.5) is 0 Å². The molecule has 0 saturated carbocycles. The van der Waals surface area contributed by atoms with Gasteiger partial charge in [0.05, 0.1) is 12.6 Å². The van der Waals surface area contributed by atoms with E-state index in [0.29, 0.717) is 13.2 Å². The van der Waals surface area contributed by atoms with Gasteiger partial charge >= 0.3 is 0 Å². The average Bonchev–Trinajstić information content (AvgIpc) is 2.34.